The van der Waals surface area contributed by atoms with Crippen molar-refractivity contribution in [1.82, 2.24) is 10.3 Å². The van der Waals surface area contributed by atoms with E-state index in [1.165, 1.54) is 11.3 Å². The molecule has 2 amide bonds. The van der Waals surface area contributed by atoms with Crippen molar-refractivity contribution in [3.05, 3.63) is 59.9 Å². The van der Waals surface area contributed by atoms with Crippen molar-refractivity contribution >= 4 is 22.5 Å². The molecule has 0 radical (unpaired) electrons. The van der Waals surface area contributed by atoms with E-state index in [1.54, 1.807) is 18.4 Å². The third kappa shape index (κ3) is 3.49. The summed E-state index contributed by atoms with van der Waals surface area (Å²) >= 11 is 1.39. The molecule has 0 saturated heterocycles. The van der Waals surface area contributed by atoms with Crippen LogP contribution >= 0.6 is 11.3 Å². The maximum absolute atomic E-state index is 11.8. The molecule has 0 spiro atoms. The molecule has 0 atom stereocenters. The SMILES string of the molecule is O=C(NCc1ccco1)Nc1nc(-c2ccccc2)cs1. The van der Waals surface area contributed by atoms with Crippen LogP contribution in [0.1, 0.15) is 5.76 Å². The number of carbonyl (C=O) groups excluding carboxylic acids is 1. The molecule has 5 nitrogen and oxygen atoms in total. The molecule has 3 rings (SSSR count). The Balaban J connectivity index is 1.58. The first kappa shape index (κ1) is 13.4. The summed E-state index contributed by atoms with van der Waals surface area (Å²) in [6.45, 7) is 0.343. The van der Waals surface area contributed by atoms with Crippen LogP contribution in [-0.2, 0) is 6.54 Å². The largest absolute Gasteiger partial charge is 0.467 e. The van der Waals surface area contributed by atoms with E-state index in [4.69, 9.17) is 4.42 Å². The molecule has 0 bridgehead atoms. The van der Waals surface area contributed by atoms with Gasteiger partial charge in [-0.2, -0.15) is 0 Å². The molecule has 0 aliphatic carbocycles. The number of urea groups is 1. The molecular weight excluding hydrogens is 286 g/mol. The maximum atomic E-state index is 11.8. The van der Waals surface area contributed by atoms with Crippen LogP contribution < -0.4 is 10.6 Å². The summed E-state index contributed by atoms with van der Waals surface area (Å²) in [6, 6.07) is 13.1. The average molecular weight is 299 g/mol. The van der Waals surface area contributed by atoms with Gasteiger partial charge in [-0.1, -0.05) is 30.3 Å². The molecule has 3 aromatic rings. The van der Waals surface area contributed by atoms with Gasteiger partial charge in [0.25, 0.3) is 0 Å². The van der Waals surface area contributed by atoms with Gasteiger partial charge in [0.1, 0.15) is 5.76 Å². The number of furan rings is 1. The number of amides is 2. The van der Waals surface area contributed by atoms with Crippen molar-refractivity contribution in [3.8, 4) is 11.3 Å². The fraction of sp³-hybridized carbons (Fsp3) is 0.0667. The fourth-order valence-electron chi connectivity index (χ4n) is 1.79. The normalized spacial score (nSPS) is 10.3. The molecule has 2 aromatic heterocycles. The van der Waals surface area contributed by atoms with Gasteiger partial charge in [0.15, 0.2) is 5.13 Å². The van der Waals surface area contributed by atoms with E-state index in [1.807, 2.05) is 35.7 Å². The molecular formula is C15H13N3O2S. The minimum Gasteiger partial charge on any atom is -0.467 e. The van der Waals surface area contributed by atoms with E-state index in [0.29, 0.717) is 17.4 Å². The molecule has 1 aromatic carbocycles. The second-order valence-corrected chi connectivity index (χ2v) is 5.15. The lowest BCUT2D eigenvalue weighted by Crippen LogP contribution is -2.27. The number of anilines is 1. The highest BCUT2D eigenvalue weighted by molar-refractivity contribution is 7.14. The van der Waals surface area contributed by atoms with Crippen LogP contribution in [-0.4, -0.2) is 11.0 Å². The molecule has 21 heavy (non-hydrogen) atoms. The van der Waals surface area contributed by atoms with Crippen molar-refractivity contribution in [2.24, 2.45) is 0 Å². The van der Waals surface area contributed by atoms with Crippen LogP contribution in [0.5, 0.6) is 0 Å². The standard InChI is InChI=1S/C15H13N3O2S/c19-14(16-9-12-7-4-8-20-12)18-15-17-13(10-21-15)11-5-2-1-3-6-11/h1-8,10H,9H2,(H2,16,17,18,19). The number of aromatic nitrogens is 1. The molecule has 0 saturated carbocycles. The smallest absolute Gasteiger partial charge is 0.321 e. The van der Waals surface area contributed by atoms with Crippen LogP contribution in [0.2, 0.25) is 0 Å². The van der Waals surface area contributed by atoms with Crippen LogP contribution in [0.25, 0.3) is 11.3 Å². The van der Waals surface area contributed by atoms with E-state index in [0.717, 1.165) is 11.3 Å². The molecule has 106 valence electrons. The van der Waals surface area contributed by atoms with Gasteiger partial charge in [0.2, 0.25) is 0 Å². The van der Waals surface area contributed by atoms with Gasteiger partial charge in [0, 0.05) is 10.9 Å². The van der Waals surface area contributed by atoms with Crippen molar-refractivity contribution in [2.75, 3.05) is 5.32 Å². The molecule has 6 heteroatoms. The Morgan fingerprint density at radius 2 is 2.05 bits per heavy atom. The Kier molecular flexibility index (Phi) is 3.97. The van der Waals surface area contributed by atoms with Crippen molar-refractivity contribution < 1.29 is 9.21 Å². The highest BCUT2D eigenvalue weighted by atomic mass is 32.1. The first-order chi connectivity index (χ1) is 10.3. The third-order valence-corrected chi connectivity index (χ3v) is 3.56. The van der Waals surface area contributed by atoms with Gasteiger partial charge in [-0.3, -0.25) is 5.32 Å². The zero-order valence-electron chi connectivity index (χ0n) is 11.1. The fourth-order valence-corrected chi connectivity index (χ4v) is 2.51. The number of hydrogen-bond acceptors (Lipinski definition) is 4. The number of rotatable bonds is 4. The summed E-state index contributed by atoms with van der Waals surface area (Å²) in [5.41, 5.74) is 1.87. The van der Waals surface area contributed by atoms with E-state index in [9.17, 15) is 4.79 Å². The summed E-state index contributed by atoms with van der Waals surface area (Å²) in [6.07, 6.45) is 1.57. The van der Waals surface area contributed by atoms with Crippen LogP contribution in [0.15, 0.2) is 58.5 Å². The summed E-state index contributed by atoms with van der Waals surface area (Å²) in [7, 11) is 0. The van der Waals surface area contributed by atoms with Crippen molar-refractivity contribution in [2.45, 2.75) is 6.54 Å². The highest BCUT2D eigenvalue weighted by Gasteiger charge is 2.08. The summed E-state index contributed by atoms with van der Waals surface area (Å²) in [4.78, 5) is 16.1. The topological polar surface area (TPSA) is 67.2 Å². The maximum Gasteiger partial charge on any atom is 0.321 e. The number of hydrogen-bond donors (Lipinski definition) is 2. The lowest BCUT2D eigenvalue weighted by Gasteiger charge is -2.03. The summed E-state index contributed by atoms with van der Waals surface area (Å²) in [5, 5.41) is 7.89. The van der Waals surface area contributed by atoms with Gasteiger partial charge in [-0.05, 0) is 12.1 Å². The quantitative estimate of drug-likeness (QED) is 0.771. The second-order valence-electron chi connectivity index (χ2n) is 4.29. The third-order valence-electron chi connectivity index (χ3n) is 2.80. The monoisotopic (exact) mass is 299 g/mol. The molecule has 2 heterocycles. The number of thiazole rings is 1. The molecule has 0 fully saturated rings. The minimum atomic E-state index is -0.305. The summed E-state index contributed by atoms with van der Waals surface area (Å²) < 4.78 is 5.14. The van der Waals surface area contributed by atoms with Gasteiger partial charge < -0.3 is 9.73 Å². The predicted molar refractivity (Wildman–Crippen MR) is 82.1 cm³/mol. The Labute approximate surface area is 125 Å². The Bertz CT molecular complexity index is 708. The number of carbonyl (C=O) groups is 1. The lowest BCUT2D eigenvalue weighted by atomic mass is 10.2. The van der Waals surface area contributed by atoms with Gasteiger partial charge in [0.05, 0.1) is 18.5 Å². The van der Waals surface area contributed by atoms with E-state index < -0.39 is 0 Å². The van der Waals surface area contributed by atoms with E-state index >= 15 is 0 Å². The van der Waals surface area contributed by atoms with Gasteiger partial charge in [-0.15, -0.1) is 11.3 Å². The molecule has 0 aliphatic heterocycles. The first-order valence-electron chi connectivity index (χ1n) is 6.39. The van der Waals surface area contributed by atoms with Gasteiger partial charge >= 0.3 is 6.03 Å². The Morgan fingerprint density at radius 3 is 2.81 bits per heavy atom. The van der Waals surface area contributed by atoms with E-state index in [2.05, 4.69) is 15.6 Å². The van der Waals surface area contributed by atoms with Crippen LogP contribution in [0.4, 0.5) is 9.93 Å². The van der Waals surface area contributed by atoms with Crippen molar-refractivity contribution in [3.63, 3.8) is 0 Å². The predicted octanol–water partition coefficient (Wildman–Crippen LogP) is 3.72. The molecule has 0 unspecified atom stereocenters. The van der Waals surface area contributed by atoms with Crippen molar-refractivity contribution in [1.29, 1.82) is 0 Å². The Morgan fingerprint density at radius 1 is 1.19 bits per heavy atom. The first-order valence-corrected chi connectivity index (χ1v) is 7.27. The van der Waals surface area contributed by atoms with Crippen LogP contribution in [0, 0.1) is 0 Å². The lowest BCUT2D eigenvalue weighted by molar-refractivity contribution is 0.251. The van der Waals surface area contributed by atoms with E-state index in [-0.39, 0.29) is 6.03 Å². The second kappa shape index (κ2) is 6.23. The molecule has 0 aliphatic rings. The summed E-state index contributed by atoms with van der Waals surface area (Å²) in [5.74, 6) is 0.703. The highest BCUT2D eigenvalue weighted by Crippen LogP contribution is 2.24. The minimum absolute atomic E-state index is 0.305. The Hall–Kier alpha value is -2.60. The zero-order chi connectivity index (χ0) is 14.5. The number of nitrogens with zero attached hydrogens (tertiary/aromatic N) is 1. The molecule has 2 N–H and O–H groups in total. The van der Waals surface area contributed by atoms with Gasteiger partial charge in [-0.25, -0.2) is 9.78 Å². The van der Waals surface area contributed by atoms with Crippen LogP contribution in [0.3, 0.4) is 0 Å². The average Bonchev–Trinajstić information content (AvgIpc) is 3.17. The number of benzene rings is 1. The number of nitrogens with one attached hydrogen (secondary N) is 2. The zero-order valence-corrected chi connectivity index (χ0v) is 11.9.